The van der Waals surface area contributed by atoms with E-state index in [1.807, 2.05) is 0 Å². The van der Waals surface area contributed by atoms with Gasteiger partial charge in [0.1, 0.15) is 0 Å². The Morgan fingerprint density at radius 2 is 2.25 bits per heavy atom. The minimum atomic E-state index is -0.714. The molecule has 0 fully saturated rings. The summed E-state index contributed by atoms with van der Waals surface area (Å²) in [6.07, 6.45) is 0.962. The first-order valence-electron chi connectivity index (χ1n) is 6.34. The second-order valence-electron chi connectivity index (χ2n) is 4.84. The summed E-state index contributed by atoms with van der Waals surface area (Å²) in [5.74, 6) is -0.714. The van der Waals surface area contributed by atoms with Gasteiger partial charge in [0.15, 0.2) is 0 Å². The maximum Gasteiger partial charge on any atom is 0.305 e. The lowest BCUT2D eigenvalue weighted by Crippen LogP contribution is -2.29. The number of nitrogens with zero attached hydrogens (tertiary/aromatic N) is 2. The predicted octanol–water partition coefficient (Wildman–Crippen LogP) is 3.35. The number of benzene rings is 1. The van der Waals surface area contributed by atoms with Gasteiger partial charge in [-0.1, -0.05) is 12.1 Å². The highest BCUT2D eigenvalue weighted by Gasteiger charge is 2.21. The van der Waals surface area contributed by atoms with Crippen molar-refractivity contribution in [2.24, 2.45) is 0 Å². The maximum atomic E-state index is 14.0. The highest BCUT2D eigenvalue weighted by molar-refractivity contribution is 7.10. The van der Waals surface area contributed by atoms with Crippen LogP contribution in [0.15, 0.2) is 29.6 Å². The standard InChI is InChI=1S/C14H13FN2O2S/c15-14-11(2-1-3-12(14)17(18)19)9-16-6-4-13-10(8-16)5-7-20-13/h1-3,5,7H,4,6,8-9H2. The van der Waals surface area contributed by atoms with E-state index in [-0.39, 0.29) is 0 Å². The van der Waals surface area contributed by atoms with Gasteiger partial charge in [-0.25, -0.2) is 0 Å². The molecule has 2 aromatic rings. The molecule has 1 aliphatic rings. The summed E-state index contributed by atoms with van der Waals surface area (Å²) in [4.78, 5) is 13.6. The van der Waals surface area contributed by atoms with Crippen LogP contribution in [0, 0.1) is 15.9 Å². The Morgan fingerprint density at radius 3 is 3.05 bits per heavy atom. The van der Waals surface area contributed by atoms with Crippen LogP contribution < -0.4 is 0 Å². The Labute approximate surface area is 119 Å². The fraction of sp³-hybridized carbons (Fsp3) is 0.286. The van der Waals surface area contributed by atoms with Crippen LogP contribution in [0.25, 0.3) is 0 Å². The van der Waals surface area contributed by atoms with Crippen molar-refractivity contribution in [3.05, 3.63) is 61.6 Å². The fourth-order valence-electron chi connectivity index (χ4n) is 2.51. The van der Waals surface area contributed by atoms with Crippen molar-refractivity contribution in [3.8, 4) is 0 Å². The molecule has 0 aliphatic carbocycles. The molecule has 0 amide bonds. The quantitative estimate of drug-likeness (QED) is 0.644. The van der Waals surface area contributed by atoms with Gasteiger partial charge >= 0.3 is 5.69 Å². The number of nitro groups is 1. The Morgan fingerprint density at radius 1 is 1.40 bits per heavy atom. The number of hydrogen-bond donors (Lipinski definition) is 0. The monoisotopic (exact) mass is 292 g/mol. The number of hydrogen-bond acceptors (Lipinski definition) is 4. The normalized spacial score (nSPS) is 15.1. The molecule has 0 unspecified atom stereocenters. The van der Waals surface area contributed by atoms with E-state index in [4.69, 9.17) is 0 Å². The highest BCUT2D eigenvalue weighted by Crippen LogP contribution is 2.27. The summed E-state index contributed by atoms with van der Waals surface area (Å²) in [7, 11) is 0. The topological polar surface area (TPSA) is 46.4 Å². The molecular formula is C14H13FN2O2S. The summed E-state index contributed by atoms with van der Waals surface area (Å²) in [6, 6.07) is 6.45. The van der Waals surface area contributed by atoms with Crippen LogP contribution in [-0.2, 0) is 19.5 Å². The molecule has 0 radical (unpaired) electrons. The van der Waals surface area contributed by atoms with Crippen LogP contribution in [0.2, 0.25) is 0 Å². The average molecular weight is 292 g/mol. The molecule has 104 valence electrons. The lowest BCUT2D eigenvalue weighted by Gasteiger charge is -2.26. The van der Waals surface area contributed by atoms with E-state index >= 15 is 0 Å². The fourth-order valence-corrected chi connectivity index (χ4v) is 3.40. The van der Waals surface area contributed by atoms with Crippen LogP contribution in [0.4, 0.5) is 10.1 Å². The van der Waals surface area contributed by atoms with Crippen LogP contribution >= 0.6 is 11.3 Å². The molecule has 0 bridgehead atoms. The third-order valence-corrected chi connectivity index (χ3v) is 4.56. The Kier molecular flexibility index (Phi) is 3.50. The van der Waals surface area contributed by atoms with Gasteiger partial charge in [0, 0.05) is 36.1 Å². The molecule has 1 aromatic carbocycles. The molecule has 1 aliphatic heterocycles. The molecule has 0 saturated heterocycles. The second kappa shape index (κ2) is 5.30. The lowest BCUT2D eigenvalue weighted by atomic mass is 10.1. The van der Waals surface area contributed by atoms with Crippen molar-refractivity contribution in [2.45, 2.75) is 19.5 Å². The van der Waals surface area contributed by atoms with Crippen molar-refractivity contribution < 1.29 is 9.31 Å². The van der Waals surface area contributed by atoms with Crippen molar-refractivity contribution in [1.29, 1.82) is 0 Å². The Bertz CT molecular complexity index is 656. The van der Waals surface area contributed by atoms with E-state index in [0.717, 1.165) is 19.5 Å². The van der Waals surface area contributed by atoms with Crippen molar-refractivity contribution in [1.82, 2.24) is 4.90 Å². The maximum absolute atomic E-state index is 14.0. The number of rotatable bonds is 3. The van der Waals surface area contributed by atoms with Gasteiger partial charge in [-0.3, -0.25) is 15.0 Å². The first-order valence-corrected chi connectivity index (χ1v) is 7.22. The first-order chi connectivity index (χ1) is 9.65. The van der Waals surface area contributed by atoms with E-state index < -0.39 is 16.4 Å². The summed E-state index contributed by atoms with van der Waals surface area (Å²) < 4.78 is 14.0. The number of fused-ring (bicyclic) bond motifs is 1. The third-order valence-electron chi connectivity index (χ3n) is 3.54. The molecule has 4 nitrogen and oxygen atoms in total. The first kappa shape index (κ1) is 13.2. The largest absolute Gasteiger partial charge is 0.305 e. The molecule has 0 N–H and O–H groups in total. The number of halogens is 1. The molecule has 6 heteroatoms. The molecule has 3 rings (SSSR count). The Hall–Kier alpha value is -1.79. The van der Waals surface area contributed by atoms with E-state index in [9.17, 15) is 14.5 Å². The van der Waals surface area contributed by atoms with Gasteiger partial charge in [0.05, 0.1) is 4.92 Å². The lowest BCUT2D eigenvalue weighted by molar-refractivity contribution is -0.387. The predicted molar refractivity (Wildman–Crippen MR) is 75.2 cm³/mol. The van der Waals surface area contributed by atoms with E-state index in [2.05, 4.69) is 16.3 Å². The number of thiophene rings is 1. The molecule has 0 atom stereocenters. The summed E-state index contributed by atoms with van der Waals surface area (Å²) in [5, 5.41) is 12.8. The second-order valence-corrected chi connectivity index (χ2v) is 5.84. The van der Waals surface area contributed by atoms with E-state index in [0.29, 0.717) is 12.1 Å². The molecule has 0 saturated carbocycles. The summed E-state index contributed by atoms with van der Waals surface area (Å²) in [5.41, 5.74) is 1.22. The van der Waals surface area contributed by atoms with Crippen LogP contribution in [0.1, 0.15) is 16.0 Å². The van der Waals surface area contributed by atoms with E-state index in [1.54, 1.807) is 17.4 Å². The van der Waals surface area contributed by atoms with Crippen LogP contribution in [0.3, 0.4) is 0 Å². The van der Waals surface area contributed by atoms with Crippen molar-refractivity contribution in [3.63, 3.8) is 0 Å². The van der Waals surface area contributed by atoms with Gasteiger partial charge in [-0.15, -0.1) is 11.3 Å². The average Bonchev–Trinajstić information content (AvgIpc) is 2.88. The van der Waals surface area contributed by atoms with Gasteiger partial charge in [0.25, 0.3) is 0 Å². The smallest absolute Gasteiger partial charge is 0.294 e. The van der Waals surface area contributed by atoms with E-state index in [1.165, 1.54) is 22.6 Å². The minimum absolute atomic E-state index is 0.387. The van der Waals surface area contributed by atoms with Gasteiger partial charge in [-0.05, 0) is 23.4 Å². The molecule has 0 spiro atoms. The zero-order valence-corrected chi connectivity index (χ0v) is 11.5. The van der Waals surface area contributed by atoms with Crippen molar-refractivity contribution >= 4 is 17.0 Å². The molecular weight excluding hydrogens is 279 g/mol. The molecule has 1 aromatic heterocycles. The Balaban J connectivity index is 1.79. The van der Waals surface area contributed by atoms with Crippen LogP contribution in [-0.4, -0.2) is 16.4 Å². The molecule has 2 heterocycles. The third kappa shape index (κ3) is 2.44. The zero-order valence-electron chi connectivity index (χ0n) is 10.7. The molecule has 20 heavy (non-hydrogen) atoms. The van der Waals surface area contributed by atoms with Gasteiger partial charge in [0.2, 0.25) is 5.82 Å². The number of nitro benzene ring substituents is 1. The SMILES string of the molecule is O=[N+]([O-])c1cccc(CN2CCc3sccc3C2)c1F. The van der Waals surface area contributed by atoms with Crippen molar-refractivity contribution in [2.75, 3.05) is 6.54 Å². The van der Waals surface area contributed by atoms with Gasteiger partial charge < -0.3 is 0 Å². The van der Waals surface area contributed by atoms with Gasteiger partial charge in [-0.2, -0.15) is 4.39 Å². The highest BCUT2D eigenvalue weighted by atomic mass is 32.1. The summed E-state index contributed by atoms with van der Waals surface area (Å²) >= 11 is 1.75. The zero-order chi connectivity index (χ0) is 14.1. The van der Waals surface area contributed by atoms with Crippen LogP contribution in [0.5, 0.6) is 0 Å². The minimum Gasteiger partial charge on any atom is -0.294 e. The summed E-state index contributed by atoms with van der Waals surface area (Å²) in [6.45, 7) is 2.04.